The summed E-state index contributed by atoms with van der Waals surface area (Å²) in [5, 5.41) is 0. The number of aromatic nitrogens is 4. The zero-order chi connectivity index (χ0) is 21.7. The molecule has 1 aromatic carbocycles. The zero-order valence-electron chi connectivity index (χ0n) is 17.5. The predicted octanol–water partition coefficient (Wildman–Crippen LogP) is 2.44. The maximum Gasteiger partial charge on any atom is 0.337 e. The van der Waals surface area contributed by atoms with E-state index in [1.165, 1.54) is 21.3 Å². The van der Waals surface area contributed by atoms with E-state index in [2.05, 4.69) is 21.9 Å². The summed E-state index contributed by atoms with van der Waals surface area (Å²) in [6.07, 6.45) is 1.87. The lowest BCUT2D eigenvalue weighted by molar-refractivity contribution is 0.0600. The summed E-state index contributed by atoms with van der Waals surface area (Å²) in [6.45, 7) is 2.88. The van der Waals surface area contributed by atoms with E-state index in [9.17, 15) is 4.79 Å². The summed E-state index contributed by atoms with van der Waals surface area (Å²) < 4.78 is 23.0. The molecule has 2 N–H and O–H groups in total. The van der Waals surface area contributed by atoms with Gasteiger partial charge in [0.2, 0.25) is 0 Å². The number of benzene rings is 1. The van der Waals surface area contributed by atoms with Gasteiger partial charge in [0.25, 0.3) is 6.01 Å². The van der Waals surface area contributed by atoms with Crippen LogP contribution in [-0.4, -0.2) is 53.4 Å². The van der Waals surface area contributed by atoms with Crippen molar-refractivity contribution in [1.29, 1.82) is 0 Å². The molecular formula is C20H25N5O5. The quantitative estimate of drug-likeness (QED) is 0.414. The molecule has 0 aliphatic carbocycles. The SMILES string of the molecule is CCCCOc1nc(N)c2nc(OC)n(Cc3ccc(C(=O)OC)cc3OC)c2n1. The molecule has 0 unspecified atom stereocenters. The van der Waals surface area contributed by atoms with E-state index in [0.717, 1.165) is 18.4 Å². The predicted molar refractivity (Wildman–Crippen MR) is 110 cm³/mol. The number of methoxy groups -OCH3 is 3. The van der Waals surface area contributed by atoms with Crippen LogP contribution in [0.1, 0.15) is 35.7 Å². The molecule has 0 amide bonds. The standard InChI is InChI=1S/C20H25N5O5/c1-5-6-9-30-19-23-16(21)15-17(24-19)25(20(22-15)29-4)11-13-8-7-12(18(26)28-3)10-14(13)27-2/h7-8,10H,5-6,9,11H2,1-4H3,(H2,21,23,24). The molecule has 3 rings (SSSR count). The Bertz CT molecular complexity index is 1050. The van der Waals surface area contributed by atoms with Crippen molar-refractivity contribution in [2.45, 2.75) is 26.3 Å². The van der Waals surface area contributed by atoms with Gasteiger partial charge in [-0.05, 0) is 18.6 Å². The molecule has 30 heavy (non-hydrogen) atoms. The maximum atomic E-state index is 11.8. The Labute approximate surface area is 173 Å². The van der Waals surface area contributed by atoms with Crippen molar-refractivity contribution in [2.24, 2.45) is 0 Å². The van der Waals surface area contributed by atoms with Crippen LogP contribution >= 0.6 is 0 Å². The van der Waals surface area contributed by atoms with Crippen LogP contribution < -0.4 is 19.9 Å². The molecule has 160 valence electrons. The smallest absolute Gasteiger partial charge is 0.337 e. The van der Waals surface area contributed by atoms with Crippen LogP contribution in [0.4, 0.5) is 5.82 Å². The Morgan fingerprint density at radius 2 is 1.93 bits per heavy atom. The van der Waals surface area contributed by atoms with Gasteiger partial charge in [-0.15, -0.1) is 0 Å². The number of ether oxygens (including phenoxy) is 4. The number of unbranched alkanes of at least 4 members (excludes halogenated alkanes) is 1. The number of hydrogen-bond acceptors (Lipinski definition) is 9. The average Bonchev–Trinajstić information content (AvgIpc) is 3.11. The Hall–Kier alpha value is -3.56. The van der Waals surface area contributed by atoms with E-state index in [0.29, 0.717) is 41.6 Å². The first-order valence-electron chi connectivity index (χ1n) is 9.48. The number of rotatable bonds is 9. The first-order chi connectivity index (χ1) is 14.5. The molecule has 0 atom stereocenters. The van der Waals surface area contributed by atoms with Crippen LogP contribution in [0.25, 0.3) is 11.2 Å². The van der Waals surface area contributed by atoms with E-state index in [-0.39, 0.29) is 11.8 Å². The lowest BCUT2D eigenvalue weighted by Crippen LogP contribution is -2.08. The largest absolute Gasteiger partial charge is 0.496 e. The minimum absolute atomic E-state index is 0.185. The molecule has 0 aliphatic heterocycles. The number of nitrogen functional groups attached to an aromatic ring is 1. The molecule has 0 saturated carbocycles. The Morgan fingerprint density at radius 3 is 2.60 bits per heavy atom. The molecule has 0 radical (unpaired) electrons. The average molecular weight is 415 g/mol. The number of nitrogens with zero attached hydrogens (tertiary/aromatic N) is 4. The van der Waals surface area contributed by atoms with Crippen molar-refractivity contribution in [1.82, 2.24) is 19.5 Å². The van der Waals surface area contributed by atoms with Gasteiger partial charge in [0.15, 0.2) is 17.0 Å². The minimum atomic E-state index is -0.445. The molecule has 0 bridgehead atoms. The zero-order valence-corrected chi connectivity index (χ0v) is 17.5. The van der Waals surface area contributed by atoms with Crippen molar-refractivity contribution >= 4 is 23.0 Å². The fourth-order valence-corrected chi connectivity index (χ4v) is 2.94. The van der Waals surface area contributed by atoms with Gasteiger partial charge >= 0.3 is 12.0 Å². The number of imidazole rings is 1. The fourth-order valence-electron chi connectivity index (χ4n) is 2.94. The summed E-state index contributed by atoms with van der Waals surface area (Å²) >= 11 is 0. The van der Waals surface area contributed by atoms with Crippen molar-refractivity contribution in [3.8, 4) is 17.8 Å². The summed E-state index contributed by atoms with van der Waals surface area (Å²) in [5.74, 6) is 0.277. The highest BCUT2D eigenvalue weighted by atomic mass is 16.5. The van der Waals surface area contributed by atoms with Gasteiger partial charge in [0.05, 0.1) is 40.0 Å². The highest BCUT2D eigenvalue weighted by Crippen LogP contribution is 2.29. The molecule has 10 nitrogen and oxygen atoms in total. The number of carbonyl (C=O) groups excluding carboxylic acids is 1. The van der Waals surface area contributed by atoms with Crippen LogP contribution in [0.3, 0.4) is 0 Å². The third kappa shape index (κ3) is 4.22. The van der Waals surface area contributed by atoms with Gasteiger partial charge in [-0.2, -0.15) is 15.0 Å². The van der Waals surface area contributed by atoms with Crippen LogP contribution in [0.5, 0.6) is 17.8 Å². The summed E-state index contributed by atoms with van der Waals surface area (Å²) in [6, 6.07) is 5.56. The van der Waals surface area contributed by atoms with Crippen molar-refractivity contribution < 1.29 is 23.7 Å². The topological polar surface area (TPSA) is 124 Å². The number of carbonyl (C=O) groups is 1. The number of esters is 1. The monoisotopic (exact) mass is 415 g/mol. The van der Waals surface area contributed by atoms with Crippen molar-refractivity contribution in [3.05, 3.63) is 29.3 Å². The first kappa shape index (κ1) is 21.2. The molecular weight excluding hydrogens is 390 g/mol. The second-order valence-electron chi connectivity index (χ2n) is 6.47. The molecule has 0 saturated heterocycles. The molecule has 0 fully saturated rings. The maximum absolute atomic E-state index is 11.8. The molecule has 0 aliphatic rings. The molecule has 2 aromatic heterocycles. The van der Waals surface area contributed by atoms with E-state index in [1.54, 1.807) is 22.8 Å². The third-order valence-corrected chi connectivity index (χ3v) is 4.51. The molecule has 2 heterocycles. The Kier molecular flexibility index (Phi) is 6.55. The highest BCUT2D eigenvalue weighted by molar-refractivity contribution is 5.90. The van der Waals surface area contributed by atoms with Gasteiger partial charge in [-0.3, -0.25) is 4.57 Å². The number of hydrogen-bond donors (Lipinski definition) is 1. The lowest BCUT2D eigenvalue weighted by atomic mass is 10.1. The Morgan fingerprint density at radius 1 is 1.13 bits per heavy atom. The van der Waals surface area contributed by atoms with E-state index < -0.39 is 5.97 Å². The van der Waals surface area contributed by atoms with Gasteiger partial charge < -0.3 is 24.7 Å². The van der Waals surface area contributed by atoms with Crippen LogP contribution in [0, 0.1) is 0 Å². The second-order valence-corrected chi connectivity index (χ2v) is 6.47. The van der Waals surface area contributed by atoms with Gasteiger partial charge in [0.1, 0.15) is 5.75 Å². The number of fused-ring (bicyclic) bond motifs is 1. The van der Waals surface area contributed by atoms with E-state index in [4.69, 9.17) is 24.7 Å². The molecule has 0 spiro atoms. The first-order valence-corrected chi connectivity index (χ1v) is 9.48. The lowest BCUT2D eigenvalue weighted by Gasteiger charge is -2.13. The molecule has 10 heteroatoms. The van der Waals surface area contributed by atoms with Crippen LogP contribution in [0.2, 0.25) is 0 Å². The molecule has 3 aromatic rings. The highest BCUT2D eigenvalue weighted by Gasteiger charge is 2.20. The van der Waals surface area contributed by atoms with Gasteiger partial charge in [-0.1, -0.05) is 19.4 Å². The van der Waals surface area contributed by atoms with Crippen LogP contribution in [0.15, 0.2) is 18.2 Å². The van der Waals surface area contributed by atoms with Gasteiger partial charge in [0, 0.05) is 5.56 Å². The van der Waals surface area contributed by atoms with Crippen molar-refractivity contribution in [2.75, 3.05) is 33.7 Å². The number of nitrogens with two attached hydrogens (primary N) is 1. The number of anilines is 1. The summed E-state index contributed by atoms with van der Waals surface area (Å²) in [5.41, 5.74) is 8.14. The summed E-state index contributed by atoms with van der Waals surface area (Å²) in [4.78, 5) is 24.9. The van der Waals surface area contributed by atoms with E-state index >= 15 is 0 Å². The van der Waals surface area contributed by atoms with Crippen LogP contribution in [-0.2, 0) is 11.3 Å². The van der Waals surface area contributed by atoms with Gasteiger partial charge in [-0.25, -0.2) is 4.79 Å². The summed E-state index contributed by atoms with van der Waals surface area (Å²) in [7, 11) is 4.37. The second kappa shape index (κ2) is 9.29. The minimum Gasteiger partial charge on any atom is -0.496 e. The van der Waals surface area contributed by atoms with Crippen molar-refractivity contribution in [3.63, 3.8) is 0 Å². The fraction of sp³-hybridized carbons (Fsp3) is 0.400. The third-order valence-electron chi connectivity index (χ3n) is 4.51. The normalized spacial score (nSPS) is 10.8. The van der Waals surface area contributed by atoms with E-state index in [1.807, 2.05) is 0 Å². The Balaban J connectivity index is 2.03.